The number of pyridine rings is 1. The molecule has 0 saturated carbocycles. The smallest absolute Gasteiger partial charge is 0.159 e. The van der Waals surface area contributed by atoms with Gasteiger partial charge in [-0.25, -0.2) is 0 Å². The van der Waals surface area contributed by atoms with Gasteiger partial charge in [0.25, 0.3) is 0 Å². The van der Waals surface area contributed by atoms with E-state index < -0.39 is 0 Å². The zero-order valence-corrected chi connectivity index (χ0v) is 12.9. The Morgan fingerprint density at radius 2 is 2.00 bits per heavy atom. The van der Waals surface area contributed by atoms with E-state index in [4.69, 9.17) is 4.74 Å². The van der Waals surface area contributed by atoms with E-state index in [2.05, 4.69) is 20.9 Å². The second kappa shape index (κ2) is 7.20. The van der Waals surface area contributed by atoms with Crippen molar-refractivity contribution >= 4 is 21.7 Å². The lowest BCUT2D eigenvalue weighted by Crippen LogP contribution is -2.01. The number of ether oxygens (including phenoxy) is 1. The van der Waals surface area contributed by atoms with Gasteiger partial charge in [-0.15, -0.1) is 0 Å². The molecule has 1 aromatic carbocycles. The summed E-state index contributed by atoms with van der Waals surface area (Å²) in [5.74, 6) is 0.819. The molecule has 4 heteroatoms. The summed E-state index contributed by atoms with van der Waals surface area (Å²) in [6.45, 7) is 2.19. The van der Waals surface area contributed by atoms with Crippen molar-refractivity contribution in [3.05, 3.63) is 58.3 Å². The van der Waals surface area contributed by atoms with Crippen molar-refractivity contribution in [3.63, 3.8) is 0 Å². The van der Waals surface area contributed by atoms with E-state index in [0.29, 0.717) is 12.2 Å². The molecule has 0 saturated heterocycles. The van der Waals surface area contributed by atoms with Crippen LogP contribution in [0.15, 0.2) is 47.2 Å². The summed E-state index contributed by atoms with van der Waals surface area (Å²) in [6.07, 6.45) is 5.50. The molecule has 2 rings (SSSR count). The van der Waals surface area contributed by atoms with Crippen LogP contribution in [0.2, 0.25) is 0 Å². The summed E-state index contributed by atoms with van der Waals surface area (Å²) in [5.41, 5.74) is 1.94. The van der Waals surface area contributed by atoms with Crippen molar-refractivity contribution < 1.29 is 9.53 Å². The van der Waals surface area contributed by atoms with E-state index >= 15 is 0 Å². The van der Waals surface area contributed by atoms with Crippen LogP contribution in [0.1, 0.15) is 29.3 Å². The maximum absolute atomic E-state index is 11.3. The van der Waals surface area contributed by atoms with Gasteiger partial charge in [0, 0.05) is 18.0 Å². The first-order valence-electron chi connectivity index (χ1n) is 6.49. The third-order valence-corrected chi connectivity index (χ3v) is 3.57. The number of Topliss-reactive ketones (excluding diaryl/α,β-unsaturated/α-hetero) is 1. The maximum atomic E-state index is 11.3. The zero-order valence-electron chi connectivity index (χ0n) is 11.3. The van der Waals surface area contributed by atoms with E-state index in [1.54, 1.807) is 31.5 Å². The van der Waals surface area contributed by atoms with Crippen molar-refractivity contribution in [1.82, 2.24) is 4.98 Å². The molecule has 0 radical (unpaired) electrons. The number of halogens is 1. The van der Waals surface area contributed by atoms with E-state index in [9.17, 15) is 4.79 Å². The van der Waals surface area contributed by atoms with Crippen LogP contribution in [0.5, 0.6) is 5.75 Å². The number of hydrogen-bond acceptors (Lipinski definition) is 3. The minimum absolute atomic E-state index is 0.0509. The molecule has 0 aliphatic rings. The van der Waals surface area contributed by atoms with Crippen LogP contribution in [0.25, 0.3) is 0 Å². The van der Waals surface area contributed by atoms with E-state index in [1.165, 1.54) is 5.56 Å². The highest BCUT2D eigenvalue weighted by atomic mass is 79.9. The van der Waals surface area contributed by atoms with E-state index in [0.717, 1.165) is 23.1 Å². The number of rotatable bonds is 6. The summed E-state index contributed by atoms with van der Waals surface area (Å²) in [5, 5.41) is 0. The number of aromatic nitrogens is 1. The number of aryl methyl sites for hydroxylation is 1. The standard InChI is InChI=1S/C16H16BrNO2/c1-12(19)14-4-5-16(15(17)11-14)20-10-2-3-13-6-8-18-9-7-13/h4-9,11H,2-3,10H2,1H3. The van der Waals surface area contributed by atoms with Gasteiger partial charge < -0.3 is 4.74 Å². The molecule has 0 bridgehead atoms. The van der Waals surface area contributed by atoms with Crippen LogP contribution in [0.3, 0.4) is 0 Å². The first-order chi connectivity index (χ1) is 9.66. The molecule has 3 nitrogen and oxygen atoms in total. The van der Waals surface area contributed by atoms with Gasteiger partial charge in [-0.2, -0.15) is 0 Å². The Morgan fingerprint density at radius 1 is 1.25 bits per heavy atom. The quantitative estimate of drug-likeness (QED) is 0.591. The molecule has 1 aromatic heterocycles. The fourth-order valence-electron chi connectivity index (χ4n) is 1.84. The number of ketones is 1. The fraction of sp³-hybridized carbons (Fsp3) is 0.250. The Hall–Kier alpha value is -1.68. The molecular formula is C16H16BrNO2. The second-order valence-corrected chi connectivity index (χ2v) is 5.36. The molecule has 1 heterocycles. The first-order valence-corrected chi connectivity index (χ1v) is 7.28. The van der Waals surface area contributed by atoms with E-state index in [-0.39, 0.29) is 5.78 Å². The molecular weight excluding hydrogens is 318 g/mol. The van der Waals surface area contributed by atoms with Gasteiger partial charge in [-0.1, -0.05) is 0 Å². The molecule has 0 aliphatic heterocycles. The third-order valence-electron chi connectivity index (χ3n) is 2.96. The maximum Gasteiger partial charge on any atom is 0.159 e. The summed E-state index contributed by atoms with van der Waals surface area (Å²) >= 11 is 3.43. The molecule has 0 N–H and O–H groups in total. The van der Waals surface area contributed by atoms with Crippen LogP contribution < -0.4 is 4.74 Å². The number of carbonyl (C=O) groups is 1. The summed E-state index contributed by atoms with van der Waals surface area (Å²) < 4.78 is 6.53. The van der Waals surface area contributed by atoms with Crippen molar-refractivity contribution in [1.29, 1.82) is 0 Å². The van der Waals surface area contributed by atoms with Crippen LogP contribution in [0, 0.1) is 0 Å². The van der Waals surface area contributed by atoms with Crippen LogP contribution in [-0.2, 0) is 6.42 Å². The highest BCUT2D eigenvalue weighted by Gasteiger charge is 2.05. The first kappa shape index (κ1) is 14.7. The van der Waals surface area contributed by atoms with Crippen LogP contribution in [-0.4, -0.2) is 17.4 Å². The monoisotopic (exact) mass is 333 g/mol. The average molecular weight is 334 g/mol. The van der Waals surface area contributed by atoms with Crippen LogP contribution in [0.4, 0.5) is 0 Å². The topological polar surface area (TPSA) is 39.2 Å². The van der Waals surface area contributed by atoms with Gasteiger partial charge in [0.05, 0.1) is 11.1 Å². The lowest BCUT2D eigenvalue weighted by molar-refractivity contribution is 0.101. The zero-order chi connectivity index (χ0) is 14.4. The number of nitrogens with zero attached hydrogens (tertiary/aromatic N) is 1. The lowest BCUT2D eigenvalue weighted by atomic mass is 10.1. The Bertz CT molecular complexity index is 584. The molecule has 20 heavy (non-hydrogen) atoms. The summed E-state index contributed by atoms with van der Waals surface area (Å²) in [6, 6.07) is 9.42. The normalized spacial score (nSPS) is 10.3. The van der Waals surface area contributed by atoms with Crippen molar-refractivity contribution in [3.8, 4) is 5.75 Å². The molecule has 0 aliphatic carbocycles. The van der Waals surface area contributed by atoms with Crippen LogP contribution >= 0.6 is 15.9 Å². The third kappa shape index (κ3) is 4.17. The largest absolute Gasteiger partial charge is 0.492 e. The minimum atomic E-state index is 0.0509. The fourth-order valence-corrected chi connectivity index (χ4v) is 2.34. The molecule has 0 spiro atoms. The molecule has 104 valence electrons. The number of hydrogen-bond donors (Lipinski definition) is 0. The summed E-state index contributed by atoms with van der Waals surface area (Å²) in [4.78, 5) is 15.2. The van der Waals surface area contributed by atoms with Gasteiger partial charge in [0.15, 0.2) is 5.78 Å². The molecule has 0 amide bonds. The van der Waals surface area contributed by atoms with Gasteiger partial charge >= 0.3 is 0 Å². The Balaban J connectivity index is 1.84. The van der Waals surface area contributed by atoms with Gasteiger partial charge in [0.2, 0.25) is 0 Å². The van der Waals surface area contributed by atoms with Gasteiger partial charge in [-0.05, 0) is 71.6 Å². The Morgan fingerprint density at radius 3 is 2.65 bits per heavy atom. The highest BCUT2D eigenvalue weighted by molar-refractivity contribution is 9.10. The van der Waals surface area contributed by atoms with Gasteiger partial charge in [0.1, 0.15) is 5.75 Å². The number of carbonyl (C=O) groups excluding carboxylic acids is 1. The Labute approximate surface area is 127 Å². The molecule has 2 aromatic rings. The SMILES string of the molecule is CC(=O)c1ccc(OCCCc2ccncc2)c(Br)c1. The predicted molar refractivity (Wildman–Crippen MR) is 82.2 cm³/mol. The lowest BCUT2D eigenvalue weighted by Gasteiger charge is -2.09. The molecule has 0 fully saturated rings. The molecule has 0 atom stereocenters. The summed E-state index contributed by atoms with van der Waals surface area (Å²) in [7, 11) is 0. The van der Waals surface area contributed by atoms with Crippen molar-refractivity contribution in [2.45, 2.75) is 19.8 Å². The highest BCUT2D eigenvalue weighted by Crippen LogP contribution is 2.26. The molecule has 0 unspecified atom stereocenters. The predicted octanol–water partition coefficient (Wildman–Crippen LogP) is 4.06. The second-order valence-electron chi connectivity index (χ2n) is 4.51. The minimum Gasteiger partial charge on any atom is -0.492 e. The number of benzene rings is 1. The average Bonchev–Trinajstić information content (AvgIpc) is 2.46. The Kier molecular flexibility index (Phi) is 5.30. The van der Waals surface area contributed by atoms with E-state index in [1.807, 2.05) is 18.2 Å². The van der Waals surface area contributed by atoms with Crippen molar-refractivity contribution in [2.75, 3.05) is 6.61 Å². The van der Waals surface area contributed by atoms with Gasteiger partial charge in [-0.3, -0.25) is 9.78 Å². The van der Waals surface area contributed by atoms with Crippen molar-refractivity contribution in [2.24, 2.45) is 0 Å².